The van der Waals surface area contributed by atoms with Crippen molar-refractivity contribution in [3.63, 3.8) is 0 Å². The first-order valence-corrected chi connectivity index (χ1v) is 33.9. The van der Waals surface area contributed by atoms with Gasteiger partial charge in [0.15, 0.2) is 6.10 Å². The largest absolute Gasteiger partial charge is 0.462 e. The van der Waals surface area contributed by atoms with E-state index in [4.69, 9.17) is 14.2 Å². The lowest BCUT2D eigenvalue weighted by atomic mass is 10.0. The Hall–Kier alpha value is -3.15. The standard InChI is InChI=1S/C72H128O6/c1-4-7-10-13-16-19-22-24-26-28-30-31-32-33-34-35-36-37-38-39-40-41-42-44-45-47-50-53-56-59-62-65-71(74)77-68-69(67-76-70(73)64-61-58-55-52-49-21-18-15-12-9-6-3)78-72(75)66-63-60-57-54-51-48-46-43-29-27-25-23-20-17-14-11-8-5-2/h7,10,16,19-20,23-24,26-27,29-31,69H,4-6,8-9,11-15,17-18,21-22,25,28,32-68H2,1-3H3/b10-7-,19-16-,23-20-,26-24-,29-27-,31-30-. The summed E-state index contributed by atoms with van der Waals surface area (Å²) in [7, 11) is 0. The van der Waals surface area contributed by atoms with E-state index in [0.717, 1.165) is 96.3 Å². The van der Waals surface area contributed by atoms with Gasteiger partial charge in [-0.2, -0.15) is 0 Å². The predicted molar refractivity (Wildman–Crippen MR) is 339 cm³/mol. The molecule has 6 nitrogen and oxygen atoms in total. The Morgan fingerprint density at radius 2 is 0.500 bits per heavy atom. The van der Waals surface area contributed by atoms with Crippen molar-refractivity contribution in [3.05, 3.63) is 72.9 Å². The van der Waals surface area contributed by atoms with Crippen LogP contribution in [-0.2, 0) is 28.6 Å². The number of carbonyl (C=O) groups excluding carboxylic acids is 3. The van der Waals surface area contributed by atoms with Crippen LogP contribution in [0.1, 0.15) is 348 Å². The van der Waals surface area contributed by atoms with E-state index < -0.39 is 6.10 Å². The van der Waals surface area contributed by atoms with Crippen molar-refractivity contribution in [2.75, 3.05) is 13.2 Å². The number of rotatable bonds is 62. The lowest BCUT2D eigenvalue weighted by Crippen LogP contribution is -2.30. The van der Waals surface area contributed by atoms with E-state index in [0.29, 0.717) is 19.3 Å². The van der Waals surface area contributed by atoms with E-state index in [1.165, 1.54) is 212 Å². The van der Waals surface area contributed by atoms with Crippen LogP contribution in [0.4, 0.5) is 0 Å². The number of allylic oxidation sites excluding steroid dienone is 12. The molecule has 0 saturated carbocycles. The van der Waals surface area contributed by atoms with E-state index >= 15 is 0 Å². The van der Waals surface area contributed by atoms with Crippen LogP contribution in [-0.4, -0.2) is 37.2 Å². The molecule has 0 heterocycles. The van der Waals surface area contributed by atoms with Crippen LogP contribution >= 0.6 is 0 Å². The minimum Gasteiger partial charge on any atom is -0.462 e. The number of esters is 3. The predicted octanol–water partition coefficient (Wildman–Crippen LogP) is 23.3. The summed E-state index contributed by atoms with van der Waals surface area (Å²) in [5, 5.41) is 0. The molecule has 0 fully saturated rings. The molecule has 78 heavy (non-hydrogen) atoms. The van der Waals surface area contributed by atoms with Gasteiger partial charge in [0.2, 0.25) is 0 Å². The molecular formula is C72H128O6. The molecule has 0 spiro atoms. The molecule has 0 saturated heterocycles. The summed E-state index contributed by atoms with van der Waals surface area (Å²) in [5.74, 6) is -0.862. The second kappa shape index (κ2) is 66.4. The normalized spacial score (nSPS) is 12.5. The molecular weight excluding hydrogens is 961 g/mol. The average Bonchev–Trinajstić information content (AvgIpc) is 3.44. The number of carbonyl (C=O) groups is 3. The van der Waals surface area contributed by atoms with Crippen molar-refractivity contribution in [1.29, 1.82) is 0 Å². The number of hydrogen-bond acceptors (Lipinski definition) is 6. The highest BCUT2D eigenvalue weighted by atomic mass is 16.6. The van der Waals surface area contributed by atoms with Gasteiger partial charge in [-0.25, -0.2) is 0 Å². The molecule has 0 radical (unpaired) electrons. The molecule has 1 unspecified atom stereocenters. The Kier molecular flexibility index (Phi) is 63.7. The summed E-state index contributed by atoms with van der Waals surface area (Å²) in [4.78, 5) is 38.3. The van der Waals surface area contributed by atoms with Crippen molar-refractivity contribution in [1.82, 2.24) is 0 Å². The second-order valence-electron chi connectivity index (χ2n) is 22.7. The van der Waals surface area contributed by atoms with Crippen LogP contribution in [0.15, 0.2) is 72.9 Å². The van der Waals surface area contributed by atoms with Crippen molar-refractivity contribution in [3.8, 4) is 0 Å². The molecule has 0 aromatic heterocycles. The van der Waals surface area contributed by atoms with Crippen LogP contribution in [0.5, 0.6) is 0 Å². The molecule has 6 heteroatoms. The van der Waals surface area contributed by atoms with E-state index in [-0.39, 0.29) is 31.1 Å². The van der Waals surface area contributed by atoms with E-state index in [1.54, 1.807) is 0 Å². The van der Waals surface area contributed by atoms with Crippen molar-refractivity contribution >= 4 is 17.9 Å². The minimum absolute atomic E-state index is 0.0732. The third-order valence-electron chi connectivity index (χ3n) is 14.9. The van der Waals surface area contributed by atoms with E-state index in [2.05, 4.69) is 93.7 Å². The quantitative estimate of drug-likeness (QED) is 0.0261. The molecule has 0 N–H and O–H groups in total. The fraction of sp³-hybridized carbons (Fsp3) is 0.792. The maximum Gasteiger partial charge on any atom is 0.306 e. The van der Waals surface area contributed by atoms with Crippen LogP contribution in [0.25, 0.3) is 0 Å². The zero-order chi connectivity index (χ0) is 56.4. The molecule has 0 rings (SSSR count). The SMILES string of the molecule is CC/C=C\C/C=C\C/C=C\C/C=C\CCCCCCCCCCCCCCCCCCCCC(=O)OCC(COC(=O)CCCCCCCCCCCCC)OC(=O)CCCCCCCCC/C=C\C/C=C\CCCCCC. The Bertz CT molecular complexity index is 1440. The third-order valence-corrected chi connectivity index (χ3v) is 14.9. The second-order valence-corrected chi connectivity index (χ2v) is 22.7. The summed E-state index contributed by atoms with van der Waals surface area (Å²) in [6.07, 6.45) is 86.4. The zero-order valence-electron chi connectivity index (χ0n) is 51.9. The van der Waals surface area contributed by atoms with Gasteiger partial charge < -0.3 is 14.2 Å². The molecule has 0 aliphatic heterocycles. The summed E-state index contributed by atoms with van der Waals surface area (Å²) < 4.78 is 16.9. The highest BCUT2D eigenvalue weighted by molar-refractivity contribution is 5.71. The Balaban J connectivity index is 4.15. The van der Waals surface area contributed by atoms with Crippen molar-refractivity contribution in [2.24, 2.45) is 0 Å². The number of unbranched alkanes of at least 4 members (excludes halogenated alkanes) is 39. The molecule has 0 aromatic carbocycles. The van der Waals surface area contributed by atoms with Crippen LogP contribution in [0.3, 0.4) is 0 Å². The first-order valence-electron chi connectivity index (χ1n) is 33.9. The monoisotopic (exact) mass is 1090 g/mol. The van der Waals surface area contributed by atoms with Gasteiger partial charge in [-0.3, -0.25) is 14.4 Å². The van der Waals surface area contributed by atoms with Gasteiger partial charge in [-0.05, 0) is 89.9 Å². The highest BCUT2D eigenvalue weighted by Crippen LogP contribution is 2.17. The molecule has 452 valence electrons. The molecule has 0 aliphatic rings. The van der Waals surface area contributed by atoms with Gasteiger partial charge in [0, 0.05) is 19.3 Å². The minimum atomic E-state index is -0.776. The topological polar surface area (TPSA) is 78.9 Å². The molecule has 0 bridgehead atoms. The molecule has 1 atom stereocenters. The average molecular weight is 1090 g/mol. The summed E-state index contributed by atoms with van der Waals surface area (Å²) in [6, 6.07) is 0. The lowest BCUT2D eigenvalue weighted by Gasteiger charge is -2.18. The number of hydrogen-bond donors (Lipinski definition) is 0. The van der Waals surface area contributed by atoms with E-state index in [1.807, 2.05) is 0 Å². The fourth-order valence-electron chi connectivity index (χ4n) is 9.88. The van der Waals surface area contributed by atoms with E-state index in [9.17, 15) is 14.4 Å². The van der Waals surface area contributed by atoms with Crippen LogP contribution in [0, 0.1) is 0 Å². The van der Waals surface area contributed by atoms with Gasteiger partial charge in [0.25, 0.3) is 0 Å². The Morgan fingerprint density at radius 1 is 0.269 bits per heavy atom. The van der Waals surface area contributed by atoms with Crippen molar-refractivity contribution < 1.29 is 28.6 Å². The maximum atomic E-state index is 12.9. The van der Waals surface area contributed by atoms with Crippen LogP contribution in [0.2, 0.25) is 0 Å². The third kappa shape index (κ3) is 63.7. The zero-order valence-corrected chi connectivity index (χ0v) is 51.9. The maximum absolute atomic E-state index is 12.9. The first kappa shape index (κ1) is 74.8. The number of ether oxygens (including phenoxy) is 3. The Labute approximate surface area is 484 Å². The summed E-state index contributed by atoms with van der Waals surface area (Å²) in [5.41, 5.74) is 0. The van der Waals surface area contributed by atoms with Gasteiger partial charge in [-0.15, -0.1) is 0 Å². The van der Waals surface area contributed by atoms with Gasteiger partial charge in [0.05, 0.1) is 0 Å². The van der Waals surface area contributed by atoms with Crippen LogP contribution < -0.4 is 0 Å². The van der Waals surface area contributed by atoms with Gasteiger partial charge in [-0.1, -0.05) is 312 Å². The van der Waals surface area contributed by atoms with Gasteiger partial charge >= 0.3 is 17.9 Å². The smallest absolute Gasteiger partial charge is 0.306 e. The van der Waals surface area contributed by atoms with Crippen molar-refractivity contribution in [2.45, 2.75) is 354 Å². The molecule has 0 amide bonds. The lowest BCUT2D eigenvalue weighted by molar-refractivity contribution is -0.167. The summed E-state index contributed by atoms with van der Waals surface area (Å²) in [6.45, 7) is 6.54. The van der Waals surface area contributed by atoms with Gasteiger partial charge in [0.1, 0.15) is 13.2 Å². The molecule has 0 aromatic rings. The summed E-state index contributed by atoms with van der Waals surface area (Å²) >= 11 is 0. The molecule has 0 aliphatic carbocycles. The first-order chi connectivity index (χ1) is 38.5. The fourth-order valence-corrected chi connectivity index (χ4v) is 9.88. The highest BCUT2D eigenvalue weighted by Gasteiger charge is 2.19. The Morgan fingerprint density at radius 3 is 0.795 bits per heavy atom.